The molecule has 0 radical (unpaired) electrons. The summed E-state index contributed by atoms with van der Waals surface area (Å²) in [6.07, 6.45) is 38.9. The molecule has 61 heavy (non-hydrogen) atoms. The van der Waals surface area contributed by atoms with Crippen molar-refractivity contribution in [1.82, 2.24) is 9.44 Å². The first-order chi connectivity index (χ1) is 29.4. The van der Waals surface area contributed by atoms with Gasteiger partial charge in [0.2, 0.25) is 0 Å². The standard InChI is InChI=1S/2C25H43NO2S2.Zn/c2*1-3-5-7-9-11-13-15-18-22-19-17-21-24(29-30-26-25(27)28)23(22)20-16-14-12-10-8-6-4-2;/h2*17,19,21,26H,3-16,18,20H2,1-2H3,(H,27,28);/q;;+2/p-2. The van der Waals surface area contributed by atoms with Crippen LogP contribution < -0.4 is 19.7 Å². The van der Waals surface area contributed by atoms with E-state index in [1.807, 2.05) is 0 Å². The van der Waals surface area contributed by atoms with Crippen molar-refractivity contribution in [2.75, 3.05) is 0 Å². The summed E-state index contributed by atoms with van der Waals surface area (Å²) in [5.41, 5.74) is 5.76. The van der Waals surface area contributed by atoms with Gasteiger partial charge < -0.3 is 29.2 Å². The van der Waals surface area contributed by atoms with Crippen molar-refractivity contribution in [3.63, 3.8) is 0 Å². The number of hydrogen-bond donors (Lipinski definition) is 2. The molecule has 2 rings (SSSR count). The number of benzene rings is 2. The number of hydrogen-bond acceptors (Lipinski definition) is 8. The SMILES string of the molecule is CCCCCCCCCc1cccc(SSNC(=O)[O-])c1CCCCCCCCC.CCCCCCCCCc1cccc(SSNC(=O)[O-])c1CCCCCCCCC.[Zn+2]. The van der Waals surface area contributed by atoms with E-state index in [1.165, 1.54) is 233 Å². The van der Waals surface area contributed by atoms with Gasteiger partial charge in [-0.05, 0) is 107 Å². The second kappa shape index (κ2) is 44.2. The smallest absolute Gasteiger partial charge is 0.529 e. The van der Waals surface area contributed by atoms with Gasteiger partial charge in [-0.3, -0.25) is 0 Å². The number of aryl methyl sites for hydroxylation is 2. The van der Waals surface area contributed by atoms with Crippen LogP contribution in [-0.4, -0.2) is 12.2 Å². The van der Waals surface area contributed by atoms with Crippen LogP contribution in [0.25, 0.3) is 0 Å². The molecule has 2 amide bonds. The number of carbonyl (C=O) groups excluding carboxylic acids is 2. The minimum atomic E-state index is -1.24. The molecule has 0 aliphatic heterocycles. The maximum Gasteiger partial charge on any atom is 2.00 e. The minimum Gasteiger partial charge on any atom is -0.529 e. The van der Waals surface area contributed by atoms with Gasteiger partial charge in [0.15, 0.2) is 0 Å². The monoisotopic (exact) mass is 968 g/mol. The maximum atomic E-state index is 10.7. The van der Waals surface area contributed by atoms with Crippen molar-refractivity contribution in [2.24, 2.45) is 0 Å². The summed E-state index contributed by atoms with van der Waals surface area (Å²) < 4.78 is 4.60. The molecule has 0 atom stereocenters. The van der Waals surface area contributed by atoms with E-state index in [9.17, 15) is 19.8 Å². The predicted molar refractivity (Wildman–Crippen MR) is 264 cm³/mol. The van der Waals surface area contributed by atoms with Crippen LogP contribution in [0.3, 0.4) is 0 Å². The summed E-state index contributed by atoms with van der Waals surface area (Å²) in [6.45, 7) is 9.04. The van der Waals surface area contributed by atoms with Gasteiger partial charge in [0.05, 0.1) is 0 Å². The quantitative estimate of drug-likeness (QED) is 0.0297. The van der Waals surface area contributed by atoms with Crippen molar-refractivity contribution < 1.29 is 39.3 Å². The Morgan fingerprint density at radius 1 is 0.410 bits per heavy atom. The Hall–Kier alpha value is -0.997. The average molecular weight is 971 g/mol. The molecule has 2 aromatic rings. The van der Waals surface area contributed by atoms with Crippen LogP contribution in [0, 0.1) is 0 Å². The van der Waals surface area contributed by atoms with Gasteiger partial charge in [-0.15, -0.1) is 0 Å². The zero-order valence-corrected chi connectivity index (χ0v) is 45.3. The molecule has 0 spiro atoms. The van der Waals surface area contributed by atoms with Gasteiger partial charge in [0.25, 0.3) is 0 Å². The molecule has 2 N–H and O–H groups in total. The van der Waals surface area contributed by atoms with Crippen LogP contribution in [0.2, 0.25) is 0 Å². The Labute approximate surface area is 403 Å². The summed E-state index contributed by atoms with van der Waals surface area (Å²) in [6, 6.07) is 13.0. The van der Waals surface area contributed by atoms with Gasteiger partial charge >= 0.3 is 19.5 Å². The molecule has 0 saturated carbocycles. The van der Waals surface area contributed by atoms with Crippen molar-refractivity contribution in [3.8, 4) is 0 Å². The summed E-state index contributed by atoms with van der Waals surface area (Å²) >= 11 is 0. The van der Waals surface area contributed by atoms with E-state index in [0.717, 1.165) is 47.6 Å². The molecule has 0 aromatic heterocycles. The molecule has 344 valence electrons. The molecule has 2 aromatic carbocycles. The number of carbonyl (C=O) groups is 2. The third-order valence-corrected chi connectivity index (χ3v) is 15.0. The molecule has 0 bridgehead atoms. The Kier molecular flexibility index (Phi) is 43.5. The topological polar surface area (TPSA) is 104 Å². The van der Waals surface area contributed by atoms with Gasteiger partial charge in [-0.2, -0.15) is 0 Å². The second-order valence-corrected chi connectivity index (χ2v) is 20.3. The van der Waals surface area contributed by atoms with Crippen LogP contribution in [-0.2, 0) is 45.2 Å². The first-order valence-corrected chi connectivity index (χ1v) is 28.5. The van der Waals surface area contributed by atoms with Crippen LogP contribution in [0.15, 0.2) is 46.2 Å². The molecular weight excluding hydrogens is 886 g/mol. The van der Waals surface area contributed by atoms with E-state index >= 15 is 0 Å². The van der Waals surface area contributed by atoms with Crippen molar-refractivity contribution >= 4 is 55.7 Å². The first-order valence-electron chi connectivity index (χ1n) is 24.2. The molecule has 0 unspecified atom stereocenters. The largest absolute Gasteiger partial charge is 2.00 e. The Bertz CT molecular complexity index is 1240. The van der Waals surface area contributed by atoms with Crippen molar-refractivity contribution in [3.05, 3.63) is 58.7 Å². The predicted octanol–water partition coefficient (Wildman–Crippen LogP) is 15.7. The van der Waals surface area contributed by atoms with E-state index in [4.69, 9.17) is 0 Å². The Morgan fingerprint density at radius 3 is 0.951 bits per heavy atom. The fraction of sp³-hybridized carbons (Fsp3) is 0.720. The van der Waals surface area contributed by atoms with Gasteiger partial charge in [0, 0.05) is 31.8 Å². The van der Waals surface area contributed by atoms with Crippen molar-refractivity contribution in [2.45, 2.75) is 243 Å². The second-order valence-electron chi connectivity index (χ2n) is 16.4. The number of rotatable bonds is 38. The normalized spacial score (nSPS) is 10.8. The zero-order valence-electron chi connectivity index (χ0n) is 39.1. The van der Waals surface area contributed by atoms with E-state index in [2.05, 4.69) is 73.5 Å². The van der Waals surface area contributed by atoms with Crippen LogP contribution in [0.1, 0.15) is 230 Å². The third-order valence-electron chi connectivity index (χ3n) is 11.1. The van der Waals surface area contributed by atoms with E-state index in [1.54, 1.807) is 0 Å². The Morgan fingerprint density at radius 2 is 0.672 bits per heavy atom. The summed E-state index contributed by atoms with van der Waals surface area (Å²) in [5, 5.41) is 21.3. The van der Waals surface area contributed by atoms with E-state index in [0.29, 0.717) is 0 Å². The maximum absolute atomic E-state index is 10.7. The number of carboxylic acid groups (broad SMARTS) is 2. The minimum absolute atomic E-state index is 0. The van der Waals surface area contributed by atoms with Gasteiger partial charge in [-0.1, -0.05) is 206 Å². The Balaban J connectivity index is 0.00000116. The molecule has 0 aliphatic carbocycles. The summed E-state index contributed by atoms with van der Waals surface area (Å²) in [4.78, 5) is 23.7. The molecule has 0 aliphatic rings. The number of unbranched alkanes of at least 4 members (excludes halogenated alkanes) is 24. The van der Waals surface area contributed by atoms with Crippen LogP contribution in [0.4, 0.5) is 9.59 Å². The van der Waals surface area contributed by atoms with Gasteiger partial charge in [-0.25, -0.2) is 0 Å². The van der Waals surface area contributed by atoms with E-state index in [-0.39, 0.29) is 19.5 Å². The summed E-state index contributed by atoms with van der Waals surface area (Å²) in [5.74, 6) is 0. The molecule has 6 nitrogen and oxygen atoms in total. The number of amides is 2. The summed E-state index contributed by atoms with van der Waals surface area (Å²) in [7, 11) is 5.27. The fourth-order valence-corrected chi connectivity index (χ4v) is 11.1. The fourth-order valence-electron chi connectivity index (χ4n) is 7.68. The van der Waals surface area contributed by atoms with E-state index < -0.39 is 12.2 Å². The van der Waals surface area contributed by atoms with Gasteiger partial charge in [0.1, 0.15) is 12.2 Å². The molecule has 0 saturated heterocycles. The number of nitrogens with one attached hydrogen (secondary N) is 2. The third kappa shape index (κ3) is 34.1. The molecular formula is C50H84N2O4S4Zn. The molecule has 11 heteroatoms. The zero-order chi connectivity index (χ0) is 43.7. The first kappa shape index (κ1) is 60.0. The molecule has 0 fully saturated rings. The molecule has 0 heterocycles. The van der Waals surface area contributed by atoms with Crippen molar-refractivity contribution in [1.29, 1.82) is 0 Å². The van der Waals surface area contributed by atoms with Crippen LogP contribution in [0.5, 0.6) is 0 Å². The van der Waals surface area contributed by atoms with Crippen LogP contribution >= 0.6 is 43.5 Å². The average Bonchev–Trinajstić information content (AvgIpc) is 3.23.